The van der Waals surface area contributed by atoms with E-state index in [-0.39, 0.29) is 19.6 Å². The Morgan fingerprint density at radius 3 is 2.35 bits per heavy atom. The quantitative estimate of drug-likeness (QED) is 0.613. The van der Waals surface area contributed by atoms with Gasteiger partial charge in [-0.1, -0.05) is 72.8 Å². The summed E-state index contributed by atoms with van der Waals surface area (Å²) >= 11 is 0. The molecule has 0 aromatic heterocycles. The van der Waals surface area contributed by atoms with Crippen molar-refractivity contribution >= 4 is 11.5 Å². The van der Waals surface area contributed by atoms with Crippen molar-refractivity contribution in [1.82, 2.24) is 0 Å². The molecular formula is C22H22O4. The van der Waals surface area contributed by atoms with Crippen molar-refractivity contribution in [2.24, 2.45) is 0 Å². The van der Waals surface area contributed by atoms with E-state index in [1.165, 1.54) is 6.08 Å². The average Bonchev–Trinajstić information content (AvgIpc) is 2.69. The molecule has 0 fully saturated rings. The third-order valence-corrected chi connectivity index (χ3v) is 4.20. The predicted molar refractivity (Wildman–Crippen MR) is 100 cm³/mol. The molecule has 1 aliphatic rings. The summed E-state index contributed by atoms with van der Waals surface area (Å²) in [6.45, 7) is 0.855. The second kappa shape index (κ2) is 8.61. The molecule has 3 rings (SSSR count). The average molecular weight is 350 g/mol. The van der Waals surface area contributed by atoms with E-state index in [0.717, 1.165) is 16.7 Å². The van der Waals surface area contributed by atoms with Gasteiger partial charge in [0, 0.05) is 6.42 Å². The van der Waals surface area contributed by atoms with E-state index < -0.39 is 11.6 Å². The molecule has 0 saturated carbocycles. The highest BCUT2D eigenvalue weighted by Crippen LogP contribution is 2.27. The van der Waals surface area contributed by atoms with Crippen molar-refractivity contribution in [3.8, 4) is 0 Å². The molecule has 0 amide bonds. The number of aliphatic hydroxyl groups is 1. The first-order valence-electron chi connectivity index (χ1n) is 8.63. The Bertz CT molecular complexity index is 780. The normalized spacial score (nSPS) is 19.0. The van der Waals surface area contributed by atoms with E-state index in [9.17, 15) is 9.90 Å². The highest BCUT2D eigenvalue weighted by atomic mass is 16.6. The molecule has 0 aliphatic heterocycles. The topological polar surface area (TPSA) is 55.8 Å². The van der Waals surface area contributed by atoms with Crippen molar-refractivity contribution in [3.05, 3.63) is 90.0 Å². The molecule has 1 unspecified atom stereocenters. The minimum absolute atomic E-state index is 0.108. The zero-order chi connectivity index (χ0) is 18.2. The second-order valence-electron chi connectivity index (χ2n) is 6.16. The summed E-state index contributed by atoms with van der Waals surface area (Å²) in [5.74, 6) is -0.652. The van der Waals surface area contributed by atoms with Crippen molar-refractivity contribution < 1.29 is 19.4 Å². The summed E-state index contributed by atoms with van der Waals surface area (Å²) in [6, 6.07) is 19.6. The number of carbonyl (C=O) groups excluding carboxylic acids is 1. The molecule has 4 nitrogen and oxygen atoms in total. The fraction of sp³-hybridized carbons (Fsp3) is 0.227. The summed E-state index contributed by atoms with van der Waals surface area (Å²) in [7, 11) is 0. The number of rotatable bonds is 7. The minimum Gasteiger partial charge on any atom is -0.461 e. The van der Waals surface area contributed by atoms with Gasteiger partial charge in [-0.25, -0.2) is 4.79 Å². The number of esters is 1. The summed E-state index contributed by atoms with van der Waals surface area (Å²) in [4.78, 5) is 12.2. The maximum atomic E-state index is 12.2. The van der Waals surface area contributed by atoms with E-state index in [1.807, 2.05) is 66.7 Å². The zero-order valence-electron chi connectivity index (χ0n) is 14.5. The first-order chi connectivity index (χ1) is 12.7. The first-order valence-corrected chi connectivity index (χ1v) is 8.63. The number of allylic oxidation sites excluding steroid dienone is 2. The lowest BCUT2D eigenvalue weighted by atomic mass is 9.89. The standard InChI is InChI=1S/C22H22O4/c23-21(26-16-15-25-17-18-7-3-1-4-8-18)22(24)13-11-20(12-14-22)19-9-5-2-6-10-19/h1-13,24H,14-17H2. The van der Waals surface area contributed by atoms with Crippen LogP contribution in [0.5, 0.6) is 0 Å². The number of ether oxygens (including phenoxy) is 2. The van der Waals surface area contributed by atoms with Crippen molar-refractivity contribution in [2.75, 3.05) is 13.2 Å². The van der Waals surface area contributed by atoms with Crippen LogP contribution in [0.3, 0.4) is 0 Å². The lowest BCUT2D eigenvalue weighted by Gasteiger charge is -2.24. The third-order valence-electron chi connectivity index (χ3n) is 4.20. The highest BCUT2D eigenvalue weighted by Gasteiger charge is 2.35. The van der Waals surface area contributed by atoms with Gasteiger partial charge in [0.2, 0.25) is 0 Å². The lowest BCUT2D eigenvalue weighted by molar-refractivity contribution is -0.161. The Hall–Kier alpha value is -2.69. The van der Waals surface area contributed by atoms with Crippen LogP contribution in [-0.4, -0.2) is 29.9 Å². The number of benzene rings is 2. The molecule has 0 saturated heterocycles. The Morgan fingerprint density at radius 1 is 1.00 bits per heavy atom. The molecule has 0 radical (unpaired) electrons. The van der Waals surface area contributed by atoms with Gasteiger partial charge in [0.25, 0.3) is 0 Å². The van der Waals surface area contributed by atoms with Crippen LogP contribution in [0.25, 0.3) is 5.57 Å². The van der Waals surface area contributed by atoms with Crippen molar-refractivity contribution in [1.29, 1.82) is 0 Å². The van der Waals surface area contributed by atoms with E-state index in [2.05, 4.69) is 0 Å². The molecule has 1 aliphatic carbocycles. The van der Waals surface area contributed by atoms with Gasteiger partial charge in [-0.2, -0.15) is 0 Å². The molecule has 26 heavy (non-hydrogen) atoms. The van der Waals surface area contributed by atoms with Crippen LogP contribution in [0, 0.1) is 0 Å². The maximum Gasteiger partial charge on any atom is 0.342 e. The van der Waals surface area contributed by atoms with Crippen LogP contribution in [0.2, 0.25) is 0 Å². The second-order valence-corrected chi connectivity index (χ2v) is 6.16. The van der Waals surface area contributed by atoms with Gasteiger partial charge in [-0.15, -0.1) is 0 Å². The fourth-order valence-electron chi connectivity index (χ4n) is 2.71. The zero-order valence-corrected chi connectivity index (χ0v) is 14.5. The smallest absolute Gasteiger partial charge is 0.342 e. The van der Waals surface area contributed by atoms with Gasteiger partial charge in [-0.05, 0) is 22.8 Å². The van der Waals surface area contributed by atoms with E-state index in [4.69, 9.17) is 9.47 Å². The van der Waals surface area contributed by atoms with Gasteiger partial charge in [-0.3, -0.25) is 0 Å². The first kappa shape index (κ1) is 18.1. The molecule has 0 heterocycles. The molecular weight excluding hydrogens is 328 g/mol. The Kier molecular flexibility index (Phi) is 6.00. The lowest BCUT2D eigenvalue weighted by Crippen LogP contribution is -2.39. The maximum absolute atomic E-state index is 12.2. The SMILES string of the molecule is O=C(OCCOCc1ccccc1)C1(O)C=CC(c2ccccc2)=CC1. The molecule has 2 aromatic carbocycles. The number of hydrogen-bond donors (Lipinski definition) is 1. The number of carbonyl (C=O) groups is 1. The monoisotopic (exact) mass is 350 g/mol. The van der Waals surface area contributed by atoms with Crippen LogP contribution >= 0.6 is 0 Å². The molecule has 1 N–H and O–H groups in total. The predicted octanol–water partition coefficient (Wildman–Crippen LogP) is 3.52. The summed E-state index contributed by atoms with van der Waals surface area (Å²) in [5.41, 5.74) is 1.48. The third kappa shape index (κ3) is 4.69. The molecule has 1 atom stereocenters. The van der Waals surface area contributed by atoms with Crippen LogP contribution in [-0.2, 0) is 20.9 Å². The Morgan fingerprint density at radius 2 is 1.69 bits per heavy atom. The Labute approximate surface area is 153 Å². The van der Waals surface area contributed by atoms with Crippen molar-refractivity contribution in [3.63, 3.8) is 0 Å². The van der Waals surface area contributed by atoms with E-state index in [0.29, 0.717) is 6.61 Å². The van der Waals surface area contributed by atoms with E-state index >= 15 is 0 Å². The largest absolute Gasteiger partial charge is 0.461 e. The molecule has 134 valence electrons. The Balaban J connectivity index is 1.43. The summed E-state index contributed by atoms with van der Waals surface area (Å²) in [6.07, 6.45) is 5.30. The summed E-state index contributed by atoms with van der Waals surface area (Å²) < 4.78 is 10.6. The molecule has 4 heteroatoms. The highest BCUT2D eigenvalue weighted by molar-refractivity contribution is 5.86. The summed E-state index contributed by atoms with van der Waals surface area (Å²) in [5, 5.41) is 10.5. The molecule has 0 spiro atoms. The van der Waals surface area contributed by atoms with Gasteiger partial charge < -0.3 is 14.6 Å². The fourth-order valence-corrected chi connectivity index (χ4v) is 2.71. The van der Waals surface area contributed by atoms with Gasteiger partial charge in [0.15, 0.2) is 5.60 Å². The van der Waals surface area contributed by atoms with Crippen molar-refractivity contribution in [2.45, 2.75) is 18.6 Å². The molecule has 0 bridgehead atoms. The van der Waals surface area contributed by atoms with E-state index in [1.54, 1.807) is 6.08 Å². The van der Waals surface area contributed by atoms with Crippen LogP contribution in [0.1, 0.15) is 17.5 Å². The van der Waals surface area contributed by atoms with Crippen LogP contribution in [0.15, 0.2) is 78.9 Å². The van der Waals surface area contributed by atoms with Crippen LogP contribution < -0.4 is 0 Å². The van der Waals surface area contributed by atoms with Gasteiger partial charge in [0.1, 0.15) is 6.61 Å². The minimum atomic E-state index is -1.61. The number of hydrogen-bond acceptors (Lipinski definition) is 4. The van der Waals surface area contributed by atoms with Crippen LogP contribution in [0.4, 0.5) is 0 Å². The van der Waals surface area contributed by atoms with Gasteiger partial charge >= 0.3 is 5.97 Å². The van der Waals surface area contributed by atoms with Gasteiger partial charge in [0.05, 0.1) is 13.2 Å². The molecule has 2 aromatic rings.